The molecule has 0 radical (unpaired) electrons. The van der Waals surface area contributed by atoms with Crippen LogP contribution in [-0.4, -0.2) is 23.9 Å². The lowest BCUT2D eigenvalue weighted by atomic mass is 9.77. The molecule has 2 aromatic rings. The average Bonchev–Trinajstić information content (AvgIpc) is 2.89. The highest BCUT2D eigenvalue weighted by molar-refractivity contribution is 9.10. The van der Waals surface area contributed by atoms with E-state index in [1.54, 1.807) is 6.92 Å². The third kappa shape index (κ3) is 1.87. The van der Waals surface area contributed by atoms with Gasteiger partial charge in [0, 0.05) is 26.9 Å². The lowest BCUT2D eigenvalue weighted by molar-refractivity contribution is 0.0513. The van der Waals surface area contributed by atoms with Crippen molar-refractivity contribution < 1.29 is 18.4 Å². The third-order valence-electron chi connectivity index (χ3n) is 5.09. The summed E-state index contributed by atoms with van der Waals surface area (Å²) in [4.78, 5) is 12.1. The predicted octanol–water partition coefficient (Wildman–Crippen LogP) is 4.06. The fraction of sp³-hybridized carbons (Fsp3) is 0.412. The molecule has 120 valence electrons. The van der Waals surface area contributed by atoms with Gasteiger partial charge in [0.1, 0.15) is 6.17 Å². The Morgan fingerprint density at radius 2 is 2.30 bits per heavy atom. The normalized spacial score (nSPS) is 27.5. The van der Waals surface area contributed by atoms with E-state index >= 15 is 0 Å². The summed E-state index contributed by atoms with van der Waals surface area (Å²) in [6.45, 7) is 3.90. The first-order valence-corrected chi connectivity index (χ1v) is 8.40. The summed E-state index contributed by atoms with van der Waals surface area (Å²) in [5.41, 5.74) is 1.96. The van der Waals surface area contributed by atoms with Crippen molar-refractivity contribution in [2.24, 2.45) is 5.92 Å². The van der Waals surface area contributed by atoms with Gasteiger partial charge in [-0.1, -0.05) is 34.1 Å². The van der Waals surface area contributed by atoms with Crippen LogP contribution in [0.15, 0.2) is 27.2 Å². The molecule has 0 amide bonds. The van der Waals surface area contributed by atoms with Crippen LogP contribution in [0.1, 0.15) is 35.5 Å². The number of benzene rings is 1. The van der Waals surface area contributed by atoms with Crippen LogP contribution in [0, 0.1) is 5.92 Å². The second-order valence-electron chi connectivity index (χ2n) is 6.16. The SMILES string of the molecule is CCOC(=O)c1noc2c1CC1(c3ccc(Br)cc3-2)C(C)C1F. The predicted molar refractivity (Wildman–Crippen MR) is 85.0 cm³/mol. The topological polar surface area (TPSA) is 52.3 Å². The number of ether oxygens (including phenoxy) is 1. The van der Waals surface area contributed by atoms with Crippen molar-refractivity contribution in [3.05, 3.63) is 39.5 Å². The van der Waals surface area contributed by atoms with E-state index in [0.29, 0.717) is 17.7 Å². The molecule has 0 saturated heterocycles. The molecule has 3 atom stereocenters. The number of carbonyl (C=O) groups excluding carboxylic acids is 1. The van der Waals surface area contributed by atoms with Crippen molar-refractivity contribution in [3.63, 3.8) is 0 Å². The fourth-order valence-corrected chi connectivity index (χ4v) is 4.13. The van der Waals surface area contributed by atoms with Gasteiger partial charge in [0.05, 0.1) is 6.61 Å². The van der Waals surface area contributed by atoms with E-state index in [0.717, 1.165) is 15.6 Å². The largest absolute Gasteiger partial charge is 0.461 e. The Labute approximate surface area is 141 Å². The number of alkyl halides is 1. The Morgan fingerprint density at radius 3 is 2.96 bits per heavy atom. The van der Waals surface area contributed by atoms with Gasteiger partial charge in [0.15, 0.2) is 11.5 Å². The molecule has 1 aromatic carbocycles. The molecule has 0 bridgehead atoms. The van der Waals surface area contributed by atoms with Gasteiger partial charge in [-0.05, 0) is 31.0 Å². The summed E-state index contributed by atoms with van der Waals surface area (Å²) < 4.78 is 25.9. The minimum absolute atomic E-state index is 0.0967. The molecule has 0 aliphatic heterocycles. The fourth-order valence-electron chi connectivity index (χ4n) is 3.77. The molecule has 2 aliphatic rings. The molecule has 0 N–H and O–H groups in total. The minimum atomic E-state index is -0.930. The summed E-state index contributed by atoms with van der Waals surface area (Å²) in [5.74, 6) is -0.0726. The van der Waals surface area contributed by atoms with Crippen molar-refractivity contribution in [3.8, 4) is 11.3 Å². The molecule has 4 rings (SSSR count). The van der Waals surface area contributed by atoms with Gasteiger partial charge in [-0.2, -0.15) is 0 Å². The average molecular weight is 380 g/mol. The van der Waals surface area contributed by atoms with E-state index in [9.17, 15) is 9.18 Å². The standard InChI is InChI=1S/C17H15BrFNO3/c1-3-22-16(21)13-11-7-17(8(2)15(17)19)12-5-4-9(18)6-10(12)14(11)23-20-13/h4-6,8,15H,3,7H2,1-2H3. The zero-order chi connectivity index (χ0) is 16.4. The van der Waals surface area contributed by atoms with Crippen LogP contribution in [0.5, 0.6) is 0 Å². The Morgan fingerprint density at radius 1 is 1.57 bits per heavy atom. The van der Waals surface area contributed by atoms with E-state index in [-0.39, 0.29) is 18.2 Å². The van der Waals surface area contributed by atoms with Crippen molar-refractivity contribution in [1.29, 1.82) is 0 Å². The number of halogens is 2. The van der Waals surface area contributed by atoms with Gasteiger partial charge < -0.3 is 9.26 Å². The quantitative estimate of drug-likeness (QED) is 0.738. The monoisotopic (exact) mass is 379 g/mol. The van der Waals surface area contributed by atoms with E-state index in [1.165, 1.54) is 0 Å². The van der Waals surface area contributed by atoms with E-state index in [1.807, 2.05) is 25.1 Å². The van der Waals surface area contributed by atoms with Gasteiger partial charge in [-0.3, -0.25) is 0 Å². The first kappa shape index (κ1) is 14.9. The maximum absolute atomic E-state index is 14.5. The van der Waals surface area contributed by atoms with Crippen LogP contribution in [0.2, 0.25) is 0 Å². The zero-order valence-electron chi connectivity index (χ0n) is 12.7. The zero-order valence-corrected chi connectivity index (χ0v) is 14.3. The Kier molecular flexibility index (Phi) is 3.17. The molecular weight excluding hydrogens is 365 g/mol. The lowest BCUT2D eigenvalue weighted by Gasteiger charge is -2.25. The van der Waals surface area contributed by atoms with Crippen LogP contribution in [-0.2, 0) is 16.6 Å². The maximum atomic E-state index is 14.5. The van der Waals surface area contributed by atoms with Gasteiger partial charge in [-0.25, -0.2) is 9.18 Å². The molecule has 3 unspecified atom stereocenters. The molecule has 1 aromatic heterocycles. The highest BCUT2D eigenvalue weighted by Crippen LogP contribution is 2.63. The van der Waals surface area contributed by atoms with E-state index < -0.39 is 17.6 Å². The third-order valence-corrected chi connectivity index (χ3v) is 5.58. The molecule has 1 heterocycles. The number of esters is 1. The number of fused-ring (bicyclic) bond motifs is 4. The molecule has 6 heteroatoms. The van der Waals surface area contributed by atoms with Gasteiger partial charge >= 0.3 is 5.97 Å². The van der Waals surface area contributed by atoms with Crippen LogP contribution in [0.25, 0.3) is 11.3 Å². The van der Waals surface area contributed by atoms with E-state index in [2.05, 4.69) is 21.1 Å². The second kappa shape index (κ2) is 4.90. The van der Waals surface area contributed by atoms with Crippen molar-refractivity contribution >= 4 is 21.9 Å². The number of carbonyl (C=O) groups is 1. The Balaban J connectivity index is 1.92. The Bertz CT molecular complexity index is 808. The number of aromatic nitrogens is 1. The molecule has 1 fully saturated rings. The van der Waals surface area contributed by atoms with Gasteiger partial charge in [0.2, 0.25) is 0 Å². The first-order valence-electron chi connectivity index (χ1n) is 7.60. The number of nitrogens with zero attached hydrogens (tertiary/aromatic N) is 1. The molecule has 1 saturated carbocycles. The van der Waals surface area contributed by atoms with Crippen LogP contribution in [0.3, 0.4) is 0 Å². The molecule has 1 spiro atoms. The first-order chi connectivity index (χ1) is 11.0. The second-order valence-corrected chi connectivity index (χ2v) is 7.07. The van der Waals surface area contributed by atoms with Gasteiger partial charge in [-0.15, -0.1) is 0 Å². The summed E-state index contributed by atoms with van der Waals surface area (Å²) in [7, 11) is 0. The number of rotatable bonds is 2. The summed E-state index contributed by atoms with van der Waals surface area (Å²) >= 11 is 3.44. The van der Waals surface area contributed by atoms with Crippen molar-refractivity contribution in [2.75, 3.05) is 6.61 Å². The lowest BCUT2D eigenvalue weighted by Crippen LogP contribution is -2.23. The molecule has 4 nitrogen and oxygen atoms in total. The minimum Gasteiger partial charge on any atom is -0.461 e. The summed E-state index contributed by atoms with van der Waals surface area (Å²) in [6.07, 6.45) is -0.516. The number of hydrogen-bond acceptors (Lipinski definition) is 4. The molecular formula is C17H15BrFNO3. The highest BCUT2D eigenvalue weighted by atomic mass is 79.9. The summed E-state index contributed by atoms with van der Waals surface area (Å²) in [6, 6.07) is 5.74. The maximum Gasteiger partial charge on any atom is 0.360 e. The molecule has 2 aliphatic carbocycles. The van der Waals surface area contributed by atoms with Crippen LogP contribution in [0.4, 0.5) is 4.39 Å². The van der Waals surface area contributed by atoms with Crippen LogP contribution < -0.4 is 0 Å². The smallest absolute Gasteiger partial charge is 0.360 e. The van der Waals surface area contributed by atoms with Crippen molar-refractivity contribution in [1.82, 2.24) is 5.16 Å². The number of hydrogen-bond donors (Lipinski definition) is 0. The van der Waals surface area contributed by atoms with Crippen molar-refractivity contribution in [2.45, 2.75) is 31.9 Å². The summed E-state index contributed by atoms with van der Waals surface area (Å²) in [5, 5.41) is 3.90. The highest BCUT2D eigenvalue weighted by Gasteiger charge is 2.66. The van der Waals surface area contributed by atoms with Gasteiger partial charge in [0.25, 0.3) is 0 Å². The van der Waals surface area contributed by atoms with E-state index in [4.69, 9.17) is 9.26 Å². The van der Waals surface area contributed by atoms with Crippen LogP contribution >= 0.6 is 15.9 Å². The Hall–Kier alpha value is -1.69. The molecule has 23 heavy (non-hydrogen) atoms.